The van der Waals surface area contributed by atoms with E-state index in [1.807, 2.05) is 10.9 Å². The lowest BCUT2D eigenvalue weighted by Crippen LogP contribution is -2.20. The number of fused-ring (bicyclic) bond motifs is 1. The summed E-state index contributed by atoms with van der Waals surface area (Å²) in [6.07, 6.45) is 1.71. The van der Waals surface area contributed by atoms with Crippen molar-refractivity contribution in [1.29, 1.82) is 0 Å². The molecule has 1 saturated heterocycles. The van der Waals surface area contributed by atoms with E-state index in [1.54, 1.807) is 20.0 Å². The van der Waals surface area contributed by atoms with Crippen LogP contribution in [0.4, 0.5) is 22.0 Å². The summed E-state index contributed by atoms with van der Waals surface area (Å²) in [5, 5.41) is 4.43. The lowest BCUT2D eigenvalue weighted by atomic mass is 9.92. The van der Waals surface area contributed by atoms with Crippen LogP contribution < -0.4 is 0 Å². The Hall–Kier alpha value is -3.54. The number of nitrogens with zero attached hydrogens (tertiary/aromatic N) is 6. The van der Waals surface area contributed by atoms with Crippen LogP contribution in [0.5, 0.6) is 0 Å². The van der Waals surface area contributed by atoms with E-state index in [0.29, 0.717) is 48.8 Å². The molecule has 2 fully saturated rings. The van der Waals surface area contributed by atoms with Gasteiger partial charge in [-0.2, -0.15) is 18.3 Å². The minimum Gasteiger partial charge on any atom is -0.373 e. The van der Waals surface area contributed by atoms with Gasteiger partial charge in [0.2, 0.25) is 0 Å². The molecule has 1 saturated carbocycles. The highest BCUT2D eigenvalue weighted by molar-refractivity contribution is 5.87. The zero-order valence-electron chi connectivity index (χ0n) is 20.6. The molecule has 2 atom stereocenters. The molecule has 12 heteroatoms. The van der Waals surface area contributed by atoms with Crippen LogP contribution in [0, 0.1) is 25.5 Å². The maximum Gasteiger partial charge on any atom is 0.419 e. The second kappa shape index (κ2) is 9.04. The van der Waals surface area contributed by atoms with E-state index in [1.165, 1.54) is 0 Å². The summed E-state index contributed by atoms with van der Waals surface area (Å²) in [5.74, 6) is -2.83. The maximum atomic E-state index is 15.0. The molecule has 3 aromatic heterocycles. The first-order chi connectivity index (χ1) is 18.1. The zero-order chi connectivity index (χ0) is 26.8. The second-order valence-corrected chi connectivity index (χ2v) is 9.87. The minimum absolute atomic E-state index is 0.0461. The highest BCUT2D eigenvalue weighted by Gasteiger charge is 2.36. The molecule has 0 amide bonds. The fourth-order valence-corrected chi connectivity index (χ4v) is 4.77. The third-order valence-corrected chi connectivity index (χ3v) is 7.14. The van der Waals surface area contributed by atoms with Gasteiger partial charge in [-0.15, -0.1) is 0 Å². The van der Waals surface area contributed by atoms with Crippen LogP contribution in [0.2, 0.25) is 0 Å². The summed E-state index contributed by atoms with van der Waals surface area (Å²) in [4.78, 5) is 18.0. The Morgan fingerprint density at radius 1 is 0.947 bits per heavy atom. The molecule has 1 aliphatic heterocycles. The summed E-state index contributed by atoms with van der Waals surface area (Å²) in [7, 11) is 0. The smallest absolute Gasteiger partial charge is 0.373 e. The van der Waals surface area contributed by atoms with Gasteiger partial charge in [0, 0.05) is 35.9 Å². The van der Waals surface area contributed by atoms with E-state index in [0.717, 1.165) is 18.4 Å². The Balaban J connectivity index is 1.45. The molecule has 1 aromatic carbocycles. The molecule has 0 radical (unpaired) electrons. The number of aryl methyl sites for hydroxylation is 2. The maximum absolute atomic E-state index is 15.0. The van der Waals surface area contributed by atoms with Gasteiger partial charge in [-0.1, -0.05) is 0 Å². The number of hydrogen-bond acceptors (Lipinski definition) is 6. The van der Waals surface area contributed by atoms with Crippen LogP contribution in [0.1, 0.15) is 72.1 Å². The quantitative estimate of drug-likeness (QED) is 0.294. The van der Waals surface area contributed by atoms with Gasteiger partial charge in [-0.25, -0.2) is 28.7 Å². The van der Waals surface area contributed by atoms with Crippen molar-refractivity contribution in [1.82, 2.24) is 29.7 Å². The predicted octanol–water partition coefficient (Wildman–Crippen LogP) is 6.17. The topological polar surface area (TPSA) is 78.6 Å². The van der Waals surface area contributed by atoms with Crippen LogP contribution in [0.3, 0.4) is 0 Å². The largest absolute Gasteiger partial charge is 0.419 e. The molecular weight excluding hydrogens is 507 g/mol. The van der Waals surface area contributed by atoms with Crippen LogP contribution >= 0.6 is 0 Å². The fourth-order valence-electron chi connectivity index (χ4n) is 4.77. The summed E-state index contributed by atoms with van der Waals surface area (Å²) in [5.41, 5.74) is -0.0909. The molecule has 4 aromatic rings. The van der Waals surface area contributed by atoms with Gasteiger partial charge < -0.3 is 4.74 Å². The number of halogens is 5. The van der Waals surface area contributed by atoms with Crippen LogP contribution in [0.15, 0.2) is 24.5 Å². The Labute approximate surface area is 214 Å². The van der Waals surface area contributed by atoms with Gasteiger partial charge in [0.25, 0.3) is 0 Å². The summed E-state index contributed by atoms with van der Waals surface area (Å²) in [6, 6.07) is 1.08. The van der Waals surface area contributed by atoms with E-state index in [-0.39, 0.29) is 34.9 Å². The number of aromatic nitrogens is 6. The number of alkyl halides is 3. The summed E-state index contributed by atoms with van der Waals surface area (Å²) in [6.45, 7) is 3.81. The van der Waals surface area contributed by atoms with Gasteiger partial charge in [0.15, 0.2) is 5.65 Å². The lowest BCUT2D eigenvalue weighted by molar-refractivity contribution is -0.140. The molecule has 38 heavy (non-hydrogen) atoms. The third kappa shape index (κ3) is 4.50. The molecule has 0 spiro atoms. The SMILES string of the molecule is Cc1nc2nc([C@H]3CCO[C@H](c4cnn(C5CC5)c4)C3)nc(-c3cc(C(F)(F)F)c(F)cc3F)c2nc1C. The van der Waals surface area contributed by atoms with Crippen molar-refractivity contribution in [3.8, 4) is 11.3 Å². The first kappa shape index (κ1) is 24.8. The standard InChI is InChI=1S/C26H23F5N6O/c1-12-13(2)34-25-23(33-12)22(17-8-18(26(29,30)31)20(28)9-19(17)27)35-24(36-25)14-5-6-38-21(7-14)15-10-32-37(11-15)16-3-4-16/h8-11,14,16,21H,3-7H2,1-2H3/t14-,21-/m0/s1. The molecule has 1 aliphatic carbocycles. The van der Waals surface area contributed by atoms with Gasteiger partial charge in [-0.3, -0.25) is 4.68 Å². The average Bonchev–Trinajstić information content (AvgIpc) is 3.60. The van der Waals surface area contributed by atoms with Crippen LogP contribution in [-0.2, 0) is 10.9 Å². The molecule has 0 bridgehead atoms. The molecule has 198 valence electrons. The Morgan fingerprint density at radius 2 is 1.71 bits per heavy atom. The van der Waals surface area contributed by atoms with Crippen molar-refractivity contribution in [2.75, 3.05) is 6.61 Å². The van der Waals surface area contributed by atoms with Gasteiger partial charge in [0.05, 0.1) is 35.3 Å². The minimum atomic E-state index is -5.02. The molecule has 4 heterocycles. The first-order valence-electron chi connectivity index (χ1n) is 12.3. The Bertz CT molecular complexity index is 1550. The summed E-state index contributed by atoms with van der Waals surface area (Å²) < 4.78 is 77.5. The first-order valence-corrected chi connectivity index (χ1v) is 12.3. The molecule has 2 aliphatic rings. The zero-order valence-corrected chi connectivity index (χ0v) is 20.6. The Kier molecular flexibility index (Phi) is 5.89. The molecular formula is C26H23F5N6O. The van der Waals surface area contributed by atoms with Crippen LogP contribution in [-0.4, -0.2) is 36.3 Å². The molecule has 6 rings (SSSR count). The van der Waals surface area contributed by atoms with Crippen molar-refractivity contribution in [3.05, 3.63) is 64.5 Å². The highest BCUT2D eigenvalue weighted by atomic mass is 19.4. The average molecular weight is 531 g/mol. The number of ether oxygens (including phenoxy) is 1. The highest BCUT2D eigenvalue weighted by Crippen LogP contribution is 2.41. The van der Waals surface area contributed by atoms with E-state index in [9.17, 15) is 22.0 Å². The Morgan fingerprint density at radius 3 is 2.45 bits per heavy atom. The molecule has 7 nitrogen and oxygen atoms in total. The molecule has 0 unspecified atom stereocenters. The second-order valence-electron chi connectivity index (χ2n) is 9.87. The van der Waals surface area contributed by atoms with Crippen molar-refractivity contribution >= 4 is 11.2 Å². The van der Waals surface area contributed by atoms with Crippen molar-refractivity contribution in [2.24, 2.45) is 0 Å². The molecule has 0 N–H and O–H groups in total. The van der Waals surface area contributed by atoms with Gasteiger partial charge >= 0.3 is 6.18 Å². The lowest BCUT2D eigenvalue weighted by Gasteiger charge is -2.28. The van der Waals surface area contributed by atoms with Crippen molar-refractivity contribution in [2.45, 2.75) is 63.8 Å². The van der Waals surface area contributed by atoms with E-state index >= 15 is 0 Å². The van der Waals surface area contributed by atoms with Gasteiger partial charge in [0.1, 0.15) is 28.7 Å². The van der Waals surface area contributed by atoms with Gasteiger partial charge in [-0.05, 0) is 45.6 Å². The number of hydrogen-bond donors (Lipinski definition) is 0. The van der Waals surface area contributed by atoms with E-state index < -0.39 is 28.9 Å². The number of benzene rings is 1. The normalized spacial score (nSPS) is 20.3. The summed E-state index contributed by atoms with van der Waals surface area (Å²) >= 11 is 0. The fraction of sp³-hybridized carbons (Fsp3) is 0.423. The third-order valence-electron chi connectivity index (χ3n) is 7.14. The predicted molar refractivity (Wildman–Crippen MR) is 126 cm³/mol. The van der Waals surface area contributed by atoms with E-state index in [4.69, 9.17) is 4.74 Å². The van der Waals surface area contributed by atoms with Crippen molar-refractivity contribution in [3.63, 3.8) is 0 Å². The number of rotatable bonds is 4. The van der Waals surface area contributed by atoms with Crippen LogP contribution in [0.25, 0.3) is 22.4 Å². The monoisotopic (exact) mass is 530 g/mol. The van der Waals surface area contributed by atoms with Crippen molar-refractivity contribution < 1.29 is 26.7 Å². The van der Waals surface area contributed by atoms with E-state index in [2.05, 4.69) is 25.0 Å².